The molecule has 1 saturated carbocycles. The largest absolute Gasteiger partial charge is 0.478 e. The lowest BCUT2D eigenvalue weighted by Crippen LogP contribution is -2.36. The highest BCUT2D eigenvalue weighted by molar-refractivity contribution is 5.94. The minimum Gasteiger partial charge on any atom is -0.478 e. The molecule has 0 unspecified atom stereocenters. The van der Waals surface area contributed by atoms with E-state index in [0.29, 0.717) is 18.7 Å². The molecule has 5 nitrogen and oxygen atoms in total. The molecule has 1 aromatic rings. The first-order chi connectivity index (χ1) is 10.0. The predicted octanol–water partition coefficient (Wildman–Crippen LogP) is 2.62. The molecule has 0 saturated heterocycles. The Balaban J connectivity index is 2.00. The molecule has 21 heavy (non-hydrogen) atoms. The number of hydrogen-bond acceptors (Lipinski definition) is 3. The van der Waals surface area contributed by atoms with Gasteiger partial charge in [0.15, 0.2) is 0 Å². The molecule has 1 amide bonds. The maximum absolute atomic E-state index is 12.2. The Hall–Kier alpha value is -1.88. The average Bonchev–Trinajstić information content (AvgIpc) is 2.48. The lowest BCUT2D eigenvalue weighted by atomic mass is 9.71. The summed E-state index contributed by atoms with van der Waals surface area (Å²) in [6, 6.07) is 6.29. The van der Waals surface area contributed by atoms with Crippen LogP contribution in [-0.2, 0) is 4.79 Å². The minimum absolute atomic E-state index is 0.0905. The van der Waals surface area contributed by atoms with Gasteiger partial charge in [0.25, 0.3) is 0 Å². The van der Waals surface area contributed by atoms with Gasteiger partial charge in [-0.25, -0.2) is 4.79 Å². The van der Waals surface area contributed by atoms with E-state index in [-0.39, 0.29) is 16.9 Å². The molecule has 5 heteroatoms. The van der Waals surface area contributed by atoms with Crippen LogP contribution >= 0.6 is 0 Å². The molecule has 0 heterocycles. The van der Waals surface area contributed by atoms with Gasteiger partial charge in [0.1, 0.15) is 0 Å². The number of nitrogens with one attached hydrogen (secondary N) is 1. The number of aromatic carboxylic acids is 1. The number of amides is 1. The van der Waals surface area contributed by atoms with Gasteiger partial charge in [-0.05, 0) is 43.0 Å². The van der Waals surface area contributed by atoms with Crippen molar-refractivity contribution < 1.29 is 14.7 Å². The highest BCUT2D eigenvalue weighted by Crippen LogP contribution is 2.38. The summed E-state index contributed by atoms with van der Waals surface area (Å²) in [5.41, 5.74) is 6.48. The minimum atomic E-state index is -1.00. The summed E-state index contributed by atoms with van der Waals surface area (Å²) in [6.45, 7) is 0.523. The van der Waals surface area contributed by atoms with E-state index in [1.165, 1.54) is 18.6 Å². The zero-order valence-corrected chi connectivity index (χ0v) is 12.1. The maximum Gasteiger partial charge on any atom is 0.335 e. The molecular weight excluding hydrogens is 268 g/mol. The number of carboxylic acid groups (broad SMARTS) is 1. The first-order valence-corrected chi connectivity index (χ1v) is 7.38. The van der Waals surface area contributed by atoms with Crippen molar-refractivity contribution in [3.05, 3.63) is 29.8 Å². The van der Waals surface area contributed by atoms with Crippen molar-refractivity contribution in [2.75, 3.05) is 11.9 Å². The predicted molar refractivity (Wildman–Crippen MR) is 81.2 cm³/mol. The molecule has 1 aliphatic rings. The summed E-state index contributed by atoms with van der Waals surface area (Å²) in [7, 11) is 0. The molecule has 0 radical (unpaired) electrons. The number of nitrogens with two attached hydrogens (primary N) is 1. The summed E-state index contributed by atoms with van der Waals surface area (Å²) in [6.07, 6.45) is 5.85. The Labute approximate surface area is 124 Å². The van der Waals surface area contributed by atoms with Crippen LogP contribution in [0.1, 0.15) is 48.9 Å². The van der Waals surface area contributed by atoms with Crippen LogP contribution in [0.2, 0.25) is 0 Å². The van der Waals surface area contributed by atoms with Crippen molar-refractivity contribution in [2.24, 2.45) is 11.1 Å². The molecule has 1 aliphatic carbocycles. The summed E-state index contributed by atoms with van der Waals surface area (Å²) in [5.74, 6) is -1.10. The van der Waals surface area contributed by atoms with Crippen molar-refractivity contribution >= 4 is 17.6 Å². The Morgan fingerprint density at radius 3 is 2.57 bits per heavy atom. The first-order valence-electron chi connectivity index (χ1n) is 7.38. The van der Waals surface area contributed by atoms with Gasteiger partial charge in [0.05, 0.1) is 5.56 Å². The number of anilines is 1. The van der Waals surface area contributed by atoms with Crippen LogP contribution in [0.25, 0.3) is 0 Å². The number of carboxylic acids is 1. The molecule has 2 rings (SSSR count). The van der Waals surface area contributed by atoms with E-state index < -0.39 is 5.97 Å². The highest BCUT2D eigenvalue weighted by Gasteiger charge is 2.32. The van der Waals surface area contributed by atoms with E-state index in [4.69, 9.17) is 10.8 Å². The van der Waals surface area contributed by atoms with Crippen LogP contribution < -0.4 is 11.1 Å². The van der Waals surface area contributed by atoms with Gasteiger partial charge in [-0.15, -0.1) is 0 Å². The van der Waals surface area contributed by atoms with Crippen molar-refractivity contribution in [1.29, 1.82) is 0 Å². The summed E-state index contributed by atoms with van der Waals surface area (Å²) in [5, 5.41) is 11.7. The lowest BCUT2D eigenvalue weighted by Gasteiger charge is -2.35. The molecule has 1 fully saturated rings. The molecule has 0 bridgehead atoms. The van der Waals surface area contributed by atoms with E-state index in [0.717, 1.165) is 25.7 Å². The van der Waals surface area contributed by atoms with E-state index in [2.05, 4.69) is 5.32 Å². The second kappa shape index (κ2) is 6.72. The summed E-state index contributed by atoms with van der Waals surface area (Å²) >= 11 is 0. The van der Waals surface area contributed by atoms with E-state index in [1.807, 2.05) is 0 Å². The van der Waals surface area contributed by atoms with Gasteiger partial charge >= 0.3 is 5.97 Å². The fourth-order valence-electron chi connectivity index (χ4n) is 3.03. The summed E-state index contributed by atoms with van der Waals surface area (Å²) < 4.78 is 0. The van der Waals surface area contributed by atoms with Crippen LogP contribution in [0, 0.1) is 5.41 Å². The van der Waals surface area contributed by atoms with Gasteiger partial charge in [-0.1, -0.05) is 25.3 Å². The standard InChI is InChI=1S/C16H22N2O3/c17-11-16(7-2-1-3-8-16)10-14(19)18-13-6-4-5-12(9-13)15(20)21/h4-6,9H,1-3,7-8,10-11,17H2,(H,18,19)(H,20,21). The van der Waals surface area contributed by atoms with Gasteiger partial charge in [0.2, 0.25) is 5.91 Å². The third kappa shape index (κ3) is 4.04. The lowest BCUT2D eigenvalue weighted by molar-refractivity contribution is -0.118. The van der Waals surface area contributed by atoms with E-state index in [1.54, 1.807) is 12.1 Å². The van der Waals surface area contributed by atoms with E-state index in [9.17, 15) is 9.59 Å². The van der Waals surface area contributed by atoms with Crippen LogP contribution in [0.5, 0.6) is 0 Å². The second-order valence-corrected chi connectivity index (χ2v) is 5.88. The van der Waals surface area contributed by atoms with Gasteiger partial charge in [0, 0.05) is 12.1 Å². The molecule has 0 atom stereocenters. The van der Waals surface area contributed by atoms with Crippen molar-refractivity contribution in [2.45, 2.75) is 38.5 Å². The number of hydrogen-bond donors (Lipinski definition) is 3. The third-order valence-corrected chi connectivity index (χ3v) is 4.28. The van der Waals surface area contributed by atoms with Gasteiger partial charge in [-0.2, -0.15) is 0 Å². The van der Waals surface area contributed by atoms with Crippen molar-refractivity contribution in [3.8, 4) is 0 Å². The Bertz CT molecular complexity index is 522. The van der Waals surface area contributed by atoms with Crippen molar-refractivity contribution in [1.82, 2.24) is 0 Å². The summed E-state index contributed by atoms with van der Waals surface area (Å²) in [4.78, 5) is 23.1. The zero-order valence-electron chi connectivity index (χ0n) is 12.1. The molecule has 1 aromatic carbocycles. The monoisotopic (exact) mass is 290 g/mol. The van der Waals surface area contributed by atoms with Crippen LogP contribution in [0.3, 0.4) is 0 Å². The molecule has 0 aromatic heterocycles. The molecule has 114 valence electrons. The zero-order chi connectivity index (χ0) is 15.3. The second-order valence-electron chi connectivity index (χ2n) is 5.88. The third-order valence-electron chi connectivity index (χ3n) is 4.28. The Morgan fingerprint density at radius 1 is 1.24 bits per heavy atom. The Morgan fingerprint density at radius 2 is 1.95 bits per heavy atom. The maximum atomic E-state index is 12.2. The van der Waals surface area contributed by atoms with Gasteiger partial charge in [-0.3, -0.25) is 4.79 Å². The fourth-order valence-corrected chi connectivity index (χ4v) is 3.03. The number of carbonyl (C=O) groups excluding carboxylic acids is 1. The van der Waals surface area contributed by atoms with Crippen molar-refractivity contribution in [3.63, 3.8) is 0 Å². The van der Waals surface area contributed by atoms with Crippen LogP contribution in [-0.4, -0.2) is 23.5 Å². The van der Waals surface area contributed by atoms with Crippen LogP contribution in [0.4, 0.5) is 5.69 Å². The molecular formula is C16H22N2O3. The molecule has 4 N–H and O–H groups in total. The highest BCUT2D eigenvalue weighted by atomic mass is 16.4. The van der Waals surface area contributed by atoms with E-state index >= 15 is 0 Å². The first kappa shape index (κ1) is 15.5. The topological polar surface area (TPSA) is 92.4 Å². The molecule has 0 aliphatic heterocycles. The number of rotatable bonds is 5. The van der Waals surface area contributed by atoms with Crippen LogP contribution in [0.15, 0.2) is 24.3 Å². The normalized spacial score (nSPS) is 17.2. The Kier molecular flexibility index (Phi) is 4.96. The quantitative estimate of drug-likeness (QED) is 0.777. The SMILES string of the molecule is NCC1(CC(=O)Nc2cccc(C(=O)O)c2)CCCCC1. The number of carbonyl (C=O) groups is 2. The van der Waals surface area contributed by atoms with Gasteiger partial charge < -0.3 is 16.2 Å². The average molecular weight is 290 g/mol. The fraction of sp³-hybridized carbons (Fsp3) is 0.500. The molecule has 0 spiro atoms. The smallest absolute Gasteiger partial charge is 0.335 e. The number of benzene rings is 1.